The zero-order chi connectivity index (χ0) is 14.5. The lowest BCUT2D eigenvalue weighted by Crippen LogP contribution is -2.10. The van der Waals surface area contributed by atoms with E-state index in [1.165, 1.54) is 5.56 Å². The Morgan fingerprint density at radius 2 is 2.00 bits per heavy atom. The number of hydrogen-bond donors (Lipinski definition) is 0. The minimum absolute atomic E-state index is 0.490. The van der Waals surface area contributed by atoms with Crippen molar-refractivity contribution in [1.82, 2.24) is 9.78 Å². The first-order valence-electron chi connectivity index (χ1n) is 6.77. The predicted molar refractivity (Wildman–Crippen MR) is 78.3 cm³/mol. The lowest BCUT2D eigenvalue weighted by Gasteiger charge is -2.10. The van der Waals surface area contributed by atoms with Gasteiger partial charge < -0.3 is 4.74 Å². The molecule has 0 atom stereocenters. The maximum absolute atomic E-state index is 10.9. The Labute approximate surface area is 119 Å². The van der Waals surface area contributed by atoms with Crippen molar-refractivity contribution in [3.8, 4) is 5.75 Å². The molecule has 0 amide bonds. The second kappa shape index (κ2) is 6.37. The van der Waals surface area contributed by atoms with Gasteiger partial charge in [-0.05, 0) is 29.7 Å². The number of rotatable bonds is 6. The van der Waals surface area contributed by atoms with Gasteiger partial charge in [0.25, 0.3) is 0 Å². The van der Waals surface area contributed by atoms with Crippen LogP contribution in [0.4, 0.5) is 0 Å². The monoisotopic (exact) mass is 272 g/mol. The van der Waals surface area contributed by atoms with E-state index in [4.69, 9.17) is 4.74 Å². The molecule has 20 heavy (non-hydrogen) atoms. The van der Waals surface area contributed by atoms with Gasteiger partial charge in [-0.25, -0.2) is 0 Å². The van der Waals surface area contributed by atoms with Crippen molar-refractivity contribution < 1.29 is 9.53 Å². The molecule has 1 heterocycles. The molecule has 2 rings (SSSR count). The molecule has 2 aromatic rings. The molecule has 4 heteroatoms. The fraction of sp³-hybridized carbons (Fsp3) is 0.375. The van der Waals surface area contributed by atoms with Crippen LogP contribution >= 0.6 is 0 Å². The lowest BCUT2D eigenvalue weighted by atomic mass is 10.1. The van der Waals surface area contributed by atoms with E-state index in [0.717, 1.165) is 30.7 Å². The summed E-state index contributed by atoms with van der Waals surface area (Å²) in [5.74, 6) is 1.34. The van der Waals surface area contributed by atoms with E-state index in [0.29, 0.717) is 11.6 Å². The molecule has 4 nitrogen and oxygen atoms in total. The number of hydrogen-bond acceptors (Lipinski definition) is 3. The summed E-state index contributed by atoms with van der Waals surface area (Å²) >= 11 is 0. The smallest absolute Gasteiger partial charge is 0.170 e. The molecule has 1 aromatic carbocycles. The van der Waals surface area contributed by atoms with Gasteiger partial charge in [0.2, 0.25) is 0 Å². The van der Waals surface area contributed by atoms with Crippen molar-refractivity contribution in [2.75, 3.05) is 7.11 Å². The van der Waals surface area contributed by atoms with E-state index in [1.807, 2.05) is 35.0 Å². The molecule has 0 radical (unpaired) electrons. The summed E-state index contributed by atoms with van der Waals surface area (Å²) in [5.41, 5.74) is 2.73. The Morgan fingerprint density at radius 3 is 2.55 bits per heavy atom. The number of benzene rings is 1. The van der Waals surface area contributed by atoms with Gasteiger partial charge in [-0.3, -0.25) is 9.48 Å². The van der Waals surface area contributed by atoms with Crippen LogP contribution in [-0.4, -0.2) is 23.2 Å². The average molecular weight is 272 g/mol. The van der Waals surface area contributed by atoms with Crippen LogP contribution in [0.3, 0.4) is 0 Å². The third kappa shape index (κ3) is 3.47. The number of aldehydes is 1. The molecule has 1 aromatic heterocycles. The minimum Gasteiger partial charge on any atom is -0.497 e. The quantitative estimate of drug-likeness (QED) is 0.759. The molecule has 0 saturated heterocycles. The highest BCUT2D eigenvalue weighted by molar-refractivity contribution is 5.71. The largest absolute Gasteiger partial charge is 0.497 e. The van der Waals surface area contributed by atoms with Gasteiger partial charge in [-0.1, -0.05) is 26.0 Å². The molecule has 0 aliphatic rings. The molecule has 106 valence electrons. The Balaban J connectivity index is 2.21. The van der Waals surface area contributed by atoms with Crippen LogP contribution in [0, 0.1) is 5.92 Å². The first-order valence-corrected chi connectivity index (χ1v) is 6.77. The van der Waals surface area contributed by atoms with Crippen LogP contribution < -0.4 is 4.74 Å². The summed E-state index contributed by atoms with van der Waals surface area (Å²) in [4.78, 5) is 10.9. The fourth-order valence-electron chi connectivity index (χ4n) is 2.13. The lowest BCUT2D eigenvalue weighted by molar-refractivity contribution is 0.111. The van der Waals surface area contributed by atoms with Crippen LogP contribution in [-0.2, 0) is 13.0 Å². The Kier molecular flexibility index (Phi) is 4.56. The third-order valence-corrected chi connectivity index (χ3v) is 3.09. The van der Waals surface area contributed by atoms with Gasteiger partial charge in [-0.15, -0.1) is 0 Å². The average Bonchev–Trinajstić information content (AvgIpc) is 2.81. The zero-order valence-corrected chi connectivity index (χ0v) is 12.2. The van der Waals surface area contributed by atoms with Gasteiger partial charge in [0.15, 0.2) is 6.29 Å². The maximum atomic E-state index is 10.9. The summed E-state index contributed by atoms with van der Waals surface area (Å²) in [7, 11) is 1.66. The van der Waals surface area contributed by atoms with Crippen LogP contribution in [0.1, 0.15) is 35.6 Å². The van der Waals surface area contributed by atoms with Crippen molar-refractivity contribution in [1.29, 1.82) is 0 Å². The number of carbonyl (C=O) groups excluding carboxylic acids is 1. The van der Waals surface area contributed by atoms with E-state index >= 15 is 0 Å². The third-order valence-electron chi connectivity index (χ3n) is 3.09. The standard InChI is InChI=1S/C16H20N2O2/c1-12(2)10-18-15(9-14(11-19)17-18)8-13-4-6-16(20-3)7-5-13/h4-7,9,11-12H,8,10H2,1-3H3. The van der Waals surface area contributed by atoms with Gasteiger partial charge in [-0.2, -0.15) is 5.10 Å². The van der Waals surface area contributed by atoms with E-state index in [-0.39, 0.29) is 0 Å². The predicted octanol–water partition coefficient (Wildman–Crippen LogP) is 2.95. The SMILES string of the molecule is COc1ccc(Cc2cc(C=O)nn2CC(C)C)cc1. The van der Waals surface area contributed by atoms with Crippen molar-refractivity contribution >= 4 is 6.29 Å². The Morgan fingerprint density at radius 1 is 1.30 bits per heavy atom. The summed E-state index contributed by atoms with van der Waals surface area (Å²) in [6, 6.07) is 9.82. The first kappa shape index (κ1) is 14.3. The zero-order valence-electron chi connectivity index (χ0n) is 12.2. The van der Waals surface area contributed by atoms with E-state index in [1.54, 1.807) is 7.11 Å². The van der Waals surface area contributed by atoms with Crippen LogP contribution in [0.25, 0.3) is 0 Å². The van der Waals surface area contributed by atoms with E-state index in [2.05, 4.69) is 18.9 Å². The van der Waals surface area contributed by atoms with Gasteiger partial charge >= 0.3 is 0 Å². The van der Waals surface area contributed by atoms with E-state index < -0.39 is 0 Å². The second-order valence-electron chi connectivity index (χ2n) is 5.28. The second-order valence-corrected chi connectivity index (χ2v) is 5.28. The van der Waals surface area contributed by atoms with Crippen molar-refractivity contribution in [2.24, 2.45) is 5.92 Å². The topological polar surface area (TPSA) is 44.1 Å². The number of methoxy groups -OCH3 is 1. The highest BCUT2D eigenvalue weighted by Crippen LogP contribution is 2.16. The van der Waals surface area contributed by atoms with Gasteiger partial charge in [0, 0.05) is 18.7 Å². The fourth-order valence-corrected chi connectivity index (χ4v) is 2.13. The number of ether oxygens (including phenoxy) is 1. The van der Waals surface area contributed by atoms with Crippen molar-refractivity contribution in [3.05, 3.63) is 47.3 Å². The highest BCUT2D eigenvalue weighted by Gasteiger charge is 2.09. The molecule has 0 aliphatic heterocycles. The molecule has 0 saturated carbocycles. The Hall–Kier alpha value is -2.10. The number of nitrogens with zero attached hydrogens (tertiary/aromatic N) is 2. The molecule has 0 fully saturated rings. The normalized spacial score (nSPS) is 10.8. The molecule has 0 aliphatic carbocycles. The van der Waals surface area contributed by atoms with Crippen LogP contribution in [0.5, 0.6) is 5.75 Å². The minimum atomic E-state index is 0.490. The molecular weight excluding hydrogens is 252 g/mol. The van der Waals surface area contributed by atoms with Gasteiger partial charge in [0.05, 0.1) is 7.11 Å². The summed E-state index contributed by atoms with van der Waals surface area (Å²) in [6.45, 7) is 5.10. The van der Waals surface area contributed by atoms with Crippen molar-refractivity contribution in [3.63, 3.8) is 0 Å². The summed E-state index contributed by atoms with van der Waals surface area (Å²) < 4.78 is 7.08. The highest BCUT2D eigenvalue weighted by atomic mass is 16.5. The molecule has 0 spiro atoms. The molecular formula is C16H20N2O2. The summed E-state index contributed by atoms with van der Waals surface area (Å²) in [5, 5.41) is 4.32. The number of aromatic nitrogens is 2. The number of carbonyl (C=O) groups is 1. The van der Waals surface area contributed by atoms with Gasteiger partial charge in [0.1, 0.15) is 11.4 Å². The molecule has 0 bridgehead atoms. The van der Waals surface area contributed by atoms with Crippen molar-refractivity contribution in [2.45, 2.75) is 26.8 Å². The Bertz CT molecular complexity index is 571. The van der Waals surface area contributed by atoms with Crippen LogP contribution in [0.15, 0.2) is 30.3 Å². The van der Waals surface area contributed by atoms with Crippen LogP contribution in [0.2, 0.25) is 0 Å². The summed E-state index contributed by atoms with van der Waals surface area (Å²) in [6.07, 6.45) is 1.56. The van der Waals surface area contributed by atoms with E-state index in [9.17, 15) is 4.79 Å². The molecule has 0 N–H and O–H groups in total. The first-order chi connectivity index (χ1) is 9.62. The maximum Gasteiger partial charge on any atom is 0.170 e. The molecule has 0 unspecified atom stereocenters.